The van der Waals surface area contributed by atoms with Crippen molar-refractivity contribution in [3.05, 3.63) is 21.4 Å². The van der Waals surface area contributed by atoms with Gasteiger partial charge in [-0.15, -0.1) is 0 Å². The van der Waals surface area contributed by atoms with E-state index < -0.39 is 0 Å². The van der Waals surface area contributed by atoms with E-state index in [9.17, 15) is 0 Å². The average Bonchev–Trinajstić information content (AvgIpc) is 2.33. The maximum Gasteiger partial charge on any atom is 0.132 e. The molecule has 3 heteroatoms. The number of anilines is 1. The Morgan fingerprint density at radius 1 is 1.31 bits per heavy atom. The standard InChI is InChI=1S/C13H19IN2/c1-10-12(14)8-9-15-13(10)16(2)11-6-4-3-5-7-11/h8-9,11H,3-7H2,1-2H3. The van der Waals surface area contributed by atoms with Crippen LogP contribution in [0.15, 0.2) is 12.3 Å². The van der Waals surface area contributed by atoms with E-state index >= 15 is 0 Å². The Morgan fingerprint density at radius 2 is 2.00 bits per heavy atom. The van der Waals surface area contributed by atoms with Crippen LogP contribution >= 0.6 is 22.6 Å². The van der Waals surface area contributed by atoms with Crippen molar-refractivity contribution in [2.24, 2.45) is 0 Å². The largest absolute Gasteiger partial charge is 0.356 e. The number of hydrogen-bond acceptors (Lipinski definition) is 2. The molecule has 0 N–H and O–H groups in total. The second kappa shape index (κ2) is 5.34. The molecule has 1 aliphatic rings. The van der Waals surface area contributed by atoms with Crippen molar-refractivity contribution in [3.8, 4) is 0 Å². The van der Waals surface area contributed by atoms with Crippen LogP contribution in [-0.4, -0.2) is 18.1 Å². The molecule has 0 aromatic carbocycles. The molecule has 2 nitrogen and oxygen atoms in total. The highest BCUT2D eigenvalue weighted by Crippen LogP contribution is 2.28. The summed E-state index contributed by atoms with van der Waals surface area (Å²) in [5.74, 6) is 1.17. The van der Waals surface area contributed by atoms with E-state index in [0.29, 0.717) is 6.04 Å². The number of halogens is 1. The van der Waals surface area contributed by atoms with E-state index in [2.05, 4.69) is 52.5 Å². The molecule has 0 radical (unpaired) electrons. The molecular formula is C13H19IN2. The number of rotatable bonds is 2. The summed E-state index contributed by atoms with van der Waals surface area (Å²) in [6.45, 7) is 2.17. The average molecular weight is 330 g/mol. The highest BCUT2D eigenvalue weighted by atomic mass is 127. The lowest BCUT2D eigenvalue weighted by atomic mass is 9.94. The van der Waals surface area contributed by atoms with Gasteiger partial charge in [0.15, 0.2) is 0 Å². The van der Waals surface area contributed by atoms with Gasteiger partial charge in [0.05, 0.1) is 0 Å². The van der Waals surface area contributed by atoms with Crippen molar-refractivity contribution < 1.29 is 0 Å². The summed E-state index contributed by atoms with van der Waals surface area (Å²) in [5, 5.41) is 0. The quantitative estimate of drug-likeness (QED) is 0.768. The second-order valence-corrected chi connectivity index (χ2v) is 5.81. The summed E-state index contributed by atoms with van der Waals surface area (Å²) in [6.07, 6.45) is 8.72. The van der Waals surface area contributed by atoms with Crippen LogP contribution in [0.1, 0.15) is 37.7 Å². The van der Waals surface area contributed by atoms with Gasteiger partial charge >= 0.3 is 0 Å². The molecule has 0 saturated heterocycles. The molecule has 16 heavy (non-hydrogen) atoms. The molecule has 1 aliphatic carbocycles. The molecule has 0 bridgehead atoms. The van der Waals surface area contributed by atoms with Crippen molar-refractivity contribution in [2.75, 3.05) is 11.9 Å². The maximum atomic E-state index is 4.54. The first-order valence-electron chi connectivity index (χ1n) is 6.04. The number of hydrogen-bond donors (Lipinski definition) is 0. The molecule has 2 rings (SSSR count). The lowest BCUT2D eigenvalue weighted by Crippen LogP contribution is -2.34. The molecule has 0 atom stereocenters. The van der Waals surface area contributed by atoms with Gasteiger partial charge in [-0.25, -0.2) is 4.98 Å². The zero-order valence-corrected chi connectivity index (χ0v) is 12.2. The lowest BCUT2D eigenvalue weighted by Gasteiger charge is -2.33. The van der Waals surface area contributed by atoms with E-state index in [1.54, 1.807) is 0 Å². The summed E-state index contributed by atoms with van der Waals surface area (Å²) in [6, 6.07) is 2.77. The van der Waals surface area contributed by atoms with Crippen molar-refractivity contribution in [3.63, 3.8) is 0 Å². The predicted molar refractivity (Wildman–Crippen MR) is 77.0 cm³/mol. The van der Waals surface area contributed by atoms with E-state index in [4.69, 9.17) is 0 Å². The van der Waals surface area contributed by atoms with Gasteiger partial charge in [0.25, 0.3) is 0 Å². The van der Waals surface area contributed by atoms with E-state index in [0.717, 1.165) is 0 Å². The number of nitrogens with zero attached hydrogens (tertiary/aromatic N) is 2. The molecule has 88 valence electrons. The molecule has 1 fully saturated rings. The van der Waals surface area contributed by atoms with Gasteiger partial charge in [-0.1, -0.05) is 19.3 Å². The first-order chi connectivity index (χ1) is 7.70. The topological polar surface area (TPSA) is 16.1 Å². The van der Waals surface area contributed by atoms with Gasteiger partial charge in [-0.3, -0.25) is 0 Å². The SMILES string of the molecule is Cc1c(I)ccnc1N(C)C1CCCCC1. The number of pyridine rings is 1. The van der Waals surface area contributed by atoms with Gasteiger partial charge in [0.2, 0.25) is 0 Å². The minimum Gasteiger partial charge on any atom is -0.356 e. The summed E-state index contributed by atoms with van der Waals surface area (Å²) in [4.78, 5) is 6.92. The summed E-state index contributed by atoms with van der Waals surface area (Å²) >= 11 is 2.39. The van der Waals surface area contributed by atoms with E-state index in [1.165, 1.54) is 47.1 Å². The molecule has 1 aromatic rings. The Labute approximate surface area is 112 Å². The predicted octanol–water partition coefficient (Wildman–Crippen LogP) is 3.76. The fourth-order valence-corrected chi connectivity index (χ4v) is 2.90. The lowest BCUT2D eigenvalue weighted by molar-refractivity contribution is 0.425. The van der Waals surface area contributed by atoms with Crippen LogP contribution in [0.3, 0.4) is 0 Å². The fourth-order valence-electron chi connectivity index (χ4n) is 2.50. The molecule has 1 aromatic heterocycles. The van der Waals surface area contributed by atoms with Crippen LogP contribution < -0.4 is 4.90 Å². The van der Waals surface area contributed by atoms with Crippen molar-refractivity contribution >= 4 is 28.4 Å². The molecule has 0 unspecified atom stereocenters. The Hall–Kier alpha value is -0.320. The molecule has 0 aliphatic heterocycles. The maximum absolute atomic E-state index is 4.54. The molecule has 0 spiro atoms. The summed E-state index contributed by atoms with van der Waals surface area (Å²) < 4.78 is 1.31. The van der Waals surface area contributed by atoms with Crippen LogP contribution in [0.4, 0.5) is 5.82 Å². The van der Waals surface area contributed by atoms with Gasteiger partial charge in [-0.05, 0) is 48.4 Å². The van der Waals surface area contributed by atoms with Crippen molar-refractivity contribution in [1.82, 2.24) is 4.98 Å². The third kappa shape index (κ3) is 2.50. The minimum absolute atomic E-state index is 0.693. The van der Waals surface area contributed by atoms with Crippen LogP contribution in [0.25, 0.3) is 0 Å². The van der Waals surface area contributed by atoms with Gasteiger partial charge in [0.1, 0.15) is 5.82 Å². The summed E-state index contributed by atoms with van der Waals surface area (Å²) in [5.41, 5.74) is 1.32. The van der Waals surface area contributed by atoms with Crippen LogP contribution in [0, 0.1) is 10.5 Å². The Kier molecular flexibility index (Phi) is 4.05. The van der Waals surface area contributed by atoms with Crippen LogP contribution in [0.5, 0.6) is 0 Å². The monoisotopic (exact) mass is 330 g/mol. The highest BCUT2D eigenvalue weighted by Gasteiger charge is 2.20. The first-order valence-corrected chi connectivity index (χ1v) is 7.12. The first kappa shape index (κ1) is 12.1. The van der Waals surface area contributed by atoms with Gasteiger partial charge < -0.3 is 4.90 Å². The summed E-state index contributed by atoms with van der Waals surface area (Å²) in [7, 11) is 2.20. The van der Waals surface area contributed by atoms with Gasteiger partial charge in [-0.2, -0.15) is 0 Å². The van der Waals surface area contributed by atoms with E-state index in [1.807, 2.05) is 6.20 Å². The third-order valence-electron chi connectivity index (χ3n) is 3.57. The number of aromatic nitrogens is 1. The normalized spacial score (nSPS) is 17.4. The molecular weight excluding hydrogens is 311 g/mol. The molecule has 1 saturated carbocycles. The second-order valence-electron chi connectivity index (χ2n) is 4.64. The zero-order chi connectivity index (χ0) is 11.5. The highest BCUT2D eigenvalue weighted by molar-refractivity contribution is 14.1. The minimum atomic E-state index is 0.693. The fraction of sp³-hybridized carbons (Fsp3) is 0.615. The molecule has 1 heterocycles. The Morgan fingerprint density at radius 3 is 2.69 bits per heavy atom. The van der Waals surface area contributed by atoms with Crippen LogP contribution in [0.2, 0.25) is 0 Å². The van der Waals surface area contributed by atoms with Crippen molar-refractivity contribution in [2.45, 2.75) is 45.1 Å². The third-order valence-corrected chi connectivity index (χ3v) is 4.74. The van der Waals surface area contributed by atoms with Crippen LogP contribution in [-0.2, 0) is 0 Å². The Bertz CT molecular complexity index is 359. The van der Waals surface area contributed by atoms with Gasteiger partial charge in [0, 0.05) is 28.4 Å². The van der Waals surface area contributed by atoms with Crippen molar-refractivity contribution in [1.29, 1.82) is 0 Å². The van der Waals surface area contributed by atoms with E-state index in [-0.39, 0.29) is 0 Å². The zero-order valence-electron chi connectivity index (χ0n) is 10.0. The Balaban J connectivity index is 2.19. The smallest absolute Gasteiger partial charge is 0.132 e. The molecule has 0 amide bonds.